The maximum atomic E-state index is 12.5. The number of hydrogen-bond donors (Lipinski definition) is 3. The molecule has 158 valence electrons. The predicted octanol–water partition coefficient (Wildman–Crippen LogP) is 3.98. The van der Waals surface area contributed by atoms with Gasteiger partial charge >= 0.3 is 5.97 Å². The lowest BCUT2D eigenvalue weighted by molar-refractivity contribution is -0.139. The molecule has 0 heterocycles. The molecule has 0 aliphatic heterocycles. The maximum absolute atomic E-state index is 12.5. The molecule has 7 heteroatoms. The summed E-state index contributed by atoms with van der Waals surface area (Å²) in [5.41, 5.74) is -0.0680. The van der Waals surface area contributed by atoms with E-state index in [1.165, 1.54) is 51.1 Å². The summed E-state index contributed by atoms with van der Waals surface area (Å²) in [6.45, 7) is 0. The highest BCUT2D eigenvalue weighted by Crippen LogP contribution is 2.17. The fourth-order valence-electron chi connectivity index (χ4n) is 3.42. The van der Waals surface area contributed by atoms with Crippen LogP contribution in [0, 0.1) is 11.3 Å². The molecule has 0 spiro atoms. The van der Waals surface area contributed by atoms with Crippen molar-refractivity contribution in [2.45, 2.75) is 89.1 Å². The molecule has 1 saturated carbocycles. The summed E-state index contributed by atoms with van der Waals surface area (Å²) in [5, 5.41) is 24.3. The SMILES string of the molecule is CSCCC(N/C=C(/C#N)C(=O)NC1CCCCCCCCCCC1)C(=O)O. The van der Waals surface area contributed by atoms with E-state index in [1.54, 1.807) is 11.8 Å². The van der Waals surface area contributed by atoms with Crippen molar-refractivity contribution in [2.24, 2.45) is 0 Å². The van der Waals surface area contributed by atoms with E-state index >= 15 is 0 Å². The lowest BCUT2D eigenvalue weighted by Gasteiger charge is -2.19. The van der Waals surface area contributed by atoms with Crippen LogP contribution < -0.4 is 10.6 Å². The summed E-state index contributed by atoms with van der Waals surface area (Å²) in [4.78, 5) is 23.8. The van der Waals surface area contributed by atoms with Crippen molar-refractivity contribution in [2.75, 3.05) is 12.0 Å². The van der Waals surface area contributed by atoms with Crippen LogP contribution in [0.1, 0.15) is 77.0 Å². The molecule has 1 unspecified atom stereocenters. The molecule has 0 saturated heterocycles. The topological polar surface area (TPSA) is 102 Å². The number of carbonyl (C=O) groups is 2. The Hall–Kier alpha value is -1.68. The Morgan fingerprint density at radius 2 is 1.64 bits per heavy atom. The Morgan fingerprint density at radius 3 is 2.11 bits per heavy atom. The van der Waals surface area contributed by atoms with E-state index in [9.17, 15) is 20.0 Å². The Balaban J connectivity index is 2.62. The number of nitrogens with zero attached hydrogens (tertiary/aromatic N) is 1. The van der Waals surface area contributed by atoms with Gasteiger partial charge < -0.3 is 15.7 Å². The van der Waals surface area contributed by atoms with Crippen LogP contribution in [0.25, 0.3) is 0 Å². The number of nitriles is 1. The largest absolute Gasteiger partial charge is 0.480 e. The number of aliphatic carboxylic acids is 1. The van der Waals surface area contributed by atoms with Gasteiger partial charge in [0.25, 0.3) is 5.91 Å². The van der Waals surface area contributed by atoms with Crippen LogP contribution in [-0.4, -0.2) is 41.1 Å². The van der Waals surface area contributed by atoms with E-state index in [2.05, 4.69) is 10.6 Å². The van der Waals surface area contributed by atoms with Gasteiger partial charge in [-0.3, -0.25) is 4.79 Å². The van der Waals surface area contributed by atoms with Crippen molar-refractivity contribution < 1.29 is 14.7 Å². The number of nitrogens with one attached hydrogen (secondary N) is 2. The molecule has 0 aromatic heterocycles. The molecule has 1 fully saturated rings. The second kappa shape index (κ2) is 15.3. The van der Waals surface area contributed by atoms with E-state index in [0.29, 0.717) is 12.2 Å². The second-order valence-corrected chi connectivity index (χ2v) is 8.42. The molecule has 1 amide bonds. The van der Waals surface area contributed by atoms with Gasteiger partial charge in [0.2, 0.25) is 0 Å². The van der Waals surface area contributed by atoms with Crippen molar-refractivity contribution in [1.82, 2.24) is 10.6 Å². The molecule has 0 aromatic rings. The smallest absolute Gasteiger partial charge is 0.326 e. The number of carboxylic acid groups (broad SMARTS) is 1. The Morgan fingerprint density at radius 1 is 1.11 bits per heavy atom. The molecular formula is C21H35N3O3S. The lowest BCUT2D eigenvalue weighted by atomic mass is 9.97. The summed E-state index contributed by atoms with van der Waals surface area (Å²) in [7, 11) is 0. The molecule has 0 radical (unpaired) electrons. The van der Waals surface area contributed by atoms with Crippen LogP contribution in [0.5, 0.6) is 0 Å². The summed E-state index contributed by atoms with van der Waals surface area (Å²) in [6, 6.07) is 1.18. The first-order chi connectivity index (χ1) is 13.6. The van der Waals surface area contributed by atoms with Gasteiger partial charge in [-0.25, -0.2) is 4.79 Å². The number of amides is 1. The lowest BCUT2D eigenvalue weighted by Crippen LogP contribution is -2.38. The maximum Gasteiger partial charge on any atom is 0.326 e. The van der Waals surface area contributed by atoms with Crippen LogP contribution in [0.3, 0.4) is 0 Å². The molecular weight excluding hydrogens is 374 g/mol. The van der Waals surface area contributed by atoms with Crippen molar-refractivity contribution in [1.29, 1.82) is 5.26 Å². The molecule has 28 heavy (non-hydrogen) atoms. The first-order valence-electron chi connectivity index (χ1n) is 10.5. The zero-order valence-electron chi connectivity index (χ0n) is 17.0. The fraction of sp³-hybridized carbons (Fsp3) is 0.762. The number of carbonyl (C=O) groups excluding carboxylic acids is 1. The molecule has 6 nitrogen and oxygen atoms in total. The average molecular weight is 410 g/mol. The van der Waals surface area contributed by atoms with Crippen LogP contribution >= 0.6 is 11.8 Å². The van der Waals surface area contributed by atoms with E-state index in [1.807, 2.05) is 12.3 Å². The van der Waals surface area contributed by atoms with Crippen molar-refractivity contribution in [3.63, 3.8) is 0 Å². The second-order valence-electron chi connectivity index (χ2n) is 7.44. The summed E-state index contributed by atoms with van der Waals surface area (Å²) < 4.78 is 0. The minimum Gasteiger partial charge on any atom is -0.480 e. The normalized spacial score (nSPS) is 18.8. The zero-order valence-corrected chi connectivity index (χ0v) is 17.9. The monoisotopic (exact) mass is 409 g/mol. The molecule has 0 aromatic carbocycles. The van der Waals surface area contributed by atoms with Crippen LogP contribution in [0.4, 0.5) is 0 Å². The third-order valence-electron chi connectivity index (χ3n) is 5.14. The van der Waals surface area contributed by atoms with Crippen LogP contribution in [0.2, 0.25) is 0 Å². The Bertz CT molecular complexity index is 534. The van der Waals surface area contributed by atoms with Gasteiger partial charge in [0.1, 0.15) is 17.7 Å². The average Bonchev–Trinajstić information content (AvgIpc) is 2.66. The minimum atomic E-state index is -0.984. The van der Waals surface area contributed by atoms with Gasteiger partial charge in [0.05, 0.1) is 0 Å². The highest BCUT2D eigenvalue weighted by Gasteiger charge is 2.18. The molecule has 1 rings (SSSR count). The first kappa shape index (κ1) is 24.4. The highest BCUT2D eigenvalue weighted by atomic mass is 32.2. The number of rotatable bonds is 8. The van der Waals surface area contributed by atoms with Crippen LogP contribution in [0.15, 0.2) is 11.8 Å². The molecule has 3 N–H and O–H groups in total. The van der Waals surface area contributed by atoms with Gasteiger partial charge in [-0.2, -0.15) is 17.0 Å². The van der Waals surface area contributed by atoms with E-state index in [-0.39, 0.29) is 11.6 Å². The highest BCUT2D eigenvalue weighted by molar-refractivity contribution is 7.98. The van der Waals surface area contributed by atoms with Gasteiger partial charge in [0, 0.05) is 12.2 Å². The summed E-state index contributed by atoms with van der Waals surface area (Å²) >= 11 is 1.56. The summed E-state index contributed by atoms with van der Waals surface area (Å²) in [5.74, 6) is -0.711. The van der Waals surface area contributed by atoms with E-state index in [0.717, 1.165) is 25.7 Å². The third kappa shape index (κ3) is 10.6. The standard InChI is InChI=1S/C21H35N3O3S/c1-28-14-13-19(21(26)27)23-16-17(15-22)20(25)24-18-11-9-7-5-3-2-4-6-8-10-12-18/h16,18-19,23H,2-14H2,1H3,(H,24,25)(H,26,27)/b17-16-. The van der Waals surface area contributed by atoms with Crippen LogP contribution in [-0.2, 0) is 9.59 Å². The van der Waals surface area contributed by atoms with Gasteiger partial charge in [-0.15, -0.1) is 0 Å². The summed E-state index contributed by atoms with van der Waals surface area (Å²) in [6.07, 6.45) is 16.4. The van der Waals surface area contributed by atoms with Crippen molar-refractivity contribution in [3.8, 4) is 6.07 Å². The first-order valence-corrected chi connectivity index (χ1v) is 11.9. The number of thioether (sulfide) groups is 1. The van der Waals surface area contributed by atoms with Crippen molar-refractivity contribution in [3.05, 3.63) is 11.8 Å². The predicted molar refractivity (Wildman–Crippen MR) is 114 cm³/mol. The third-order valence-corrected chi connectivity index (χ3v) is 5.79. The quantitative estimate of drug-likeness (QED) is 0.414. The number of carboxylic acids is 1. The van der Waals surface area contributed by atoms with E-state index in [4.69, 9.17) is 0 Å². The zero-order chi connectivity index (χ0) is 20.6. The van der Waals surface area contributed by atoms with Gasteiger partial charge in [-0.1, -0.05) is 57.8 Å². The van der Waals surface area contributed by atoms with Gasteiger partial charge in [0.15, 0.2) is 0 Å². The number of hydrogen-bond acceptors (Lipinski definition) is 5. The van der Waals surface area contributed by atoms with Gasteiger partial charge in [-0.05, 0) is 31.3 Å². The minimum absolute atomic E-state index is 0.0680. The Kier molecular flexibility index (Phi) is 13.3. The molecule has 1 atom stereocenters. The molecule has 1 aliphatic carbocycles. The van der Waals surface area contributed by atoms with E-state index < -0.39 is 17.9 Å². The fourth-order valence-corrected chi connectivity index (χ4v) is 3.89. The molecule has 0 bridgehead atoms. The Labute approximate surface area is 173 Å². The molecule has 1 aliphatic rings. The van der Waals surface area contributed by atoms with Crippen molar-refractivity contribution >= 4 is 23.6 Å².